The molecule has 2 fully saturated rings. The van der Waals surface area contributed by atoms with Gasteiger partial charge in [-0.2, -0.15) is 0 Å². The van der Waals surface area contributed by atoms with Crippen LogP contribution in [-0.4, -0.2) is 36.8 Å². The second-order valence-corrected chi connectivity index (χ2v) is 4.51. The average Bonchev–Trinajstić information content (AvgIpc) is 2.92. The van der Waals surface area contributed by atoms with Gasteiger partial charge in [0, 0.05) is 0 Å². The molecule has 2 saturated heterocycles. The van der Waals surface area contributed by atoms with Crippen LogP contribution in [0.15, 0.2) is 30.3 Å². The Kier molecular flexibility index (Phi) is 3.11. The van der Waals surface area contributed by atoms with Crippen LogP contribution in [0.1, 0.15) is 5.56 Å². The Morgan fingerprint density at radius 1 is 1.18 bits per heavy atom. The van der Waals surface area contributed by atoms with Gasteiger partial charge in [0.15, 0.2) is 6.29 Å². The van der Waals surface area contributed by atoms with Crippen molar-refractivity contribution in [2.45, 2.75) is 25.1 Å². The van der Waals surface area contributed by atoms with Crippen molar-refractivity contribution in [1.29, 1.82) is 0 Å². The zero-order chi connectivity index (χ0) is 11.7. The van der Waals surface area contributed by atoms with Crippen molar-refractivity contribution in [3.05, 3.63) is 35.9 Å². The van der Waals surface area contributed by atoms with Crippen LogP contribution >= 0.6 is 0 Å². The average molecular weight is 236 g/mol. The van der Waals surface area contributed by atoms with E-state index in [1.165, 1.54) is 0 Å². The van der Waals surface area contributed by atoms with E-state index < -0.39 is 6.10 Å². The number of hydrogen-bond donors (Lipinski definition) is 1. The third-order valence-electron chi connectivity index (χ3n) is 3.35. The molecule has 0 spiro atoms. The molecule has 3 rings (SSSR count). The summed E-state index contributed by atoms with van der Waals surface area (Å²) in [6, 6.07) is 10.00. The van der Waals surface area contributed by atoms with Crippen LogP contribution in [0.5, 0.6) is 0 Å². The maximum absolute atomic E-state index is 9.78. The largest absolute Gasteiger partial charge is 0.390 e. The Morgan fingerprint density at radius 3 is 2.76 bits per heavy atom. The molecule has 1 aromatic carbocycles. The van der Waals surface area contributed by atoms with E-state index in [-0.39, 0.29) is 18.3 Å². The van der Waals surface area contributed by atoms with Gasteiger partial charge < -0.3 is 19.3 Å². The maximum Gasteiger partial charge on any atom is 0.165 e. The zero-order valence-electron chi connectivity index (χ0n) is 9.49. The number of benzene rings is 1. The minimum absolute atomic E-state index is 0.0429. The smallest absolute Gasteiger partial charge is 0.165 e. The molecule has 4 heteroatoms. The molecule has 4 atom stereocenters. The number of aliphatic hydroxyl groups excluding tert-OH is 1. The molecule has 2 heterocycles. The van der Waals surface area contributed by atoms with Crippen molar-refractivity contribution in [1.82, 2.24) is 0 Å². The molecule has 2 aliphatic rings. The molecular formula is C13H16O4. The van der Waals surface area contributed by atoms with Crippen molar-refractivity contribution < 1.29 is 19.3 Å². The van der Waals surface area contributed by atoms with Crippen LogP contribution in [0.2, 0.25) is 0 Å². The molecule has 0 aliphatic carbocycles. The predicted molar refractivity (Wildman–Crippen MR) is 60.2 cm³/mol. The summed E-state index contributed by atoms with van der Waals surface area (Å²) in [6.45, 7) is 1.39. The van der Waals surface area contributed by atoms with Crippen molar-refractivity contribution >= 4 is 0 Å². The fourth-order valence-corrected chi connectivity index (χ4v) is 2.42. The summed E-state index contributed by atoms with van der Waals surface area (Å²) in [5.74, 6) is -0.0429. The third kappa shape index (κ3) is 2.21. The number of rotatable bonds is 3. The molecule has 0 amide bonds. The van der Waals surface area contributed by atoms with Crippen LogP contribution in [0, 0.1) is 5.92 Å². The number of aliphatic hydroxyl groups is 1. The van der Waals surface area contributed by atoms with Crippen molar-refractivity contribution in [2.75, 3.05) is 13.2 Å². The summed E-state index contributed by atoms with van der Waals surface area (Å²) in [6.07, 6.45) is -0.827. The van der Waals surface area contributed by atoms with E-state index in [1.807, 2.05) is 30.3 Å². The summed E-state index contributed by atoms with van der Waals surface area (Å²) >= 11 is 0. The third-order valence-corrected chi connectivity index (χ3v) is 3.35. The molecule has 2 aliphatic heterocycles. The van der Waals surface area contributed by atoms with Gasteiger partial charge in [-0.1, -0.05) is 30.3 Å². The van der Waals surface area contributed by atoms with E-state index in [4.69, 9.17) is 14.2 Å². The number of ether oxygens (including phenoxy) is 3. The SMILES string of the molecule is O[C@H]1COC2OC[C@H](OCc3ccccc3)C21. The van der Waals surface area contributed by atoms with Gasteiger partial charge >= 0.3 is 0 Å². The molecule has 1 aromatic rings. The second kappa shape index (κ2) is 4.74. The first kappa shape index (κ1) is 11.2. The number of hydrogen-bond acceptors (Lipinski definition) is 4. The lowest BCUT2D eigenvalue weighted by Crippen LogP contribution is -2.32. The molecule has 0 saturated carbocycles. The fraction of sp³-hybridized carbons (Fsp3) is 0.538. The van der Waals surface area contributed by atoms with Gasteiger partial charge in [-0.25, -0.2) is 0 Å². The van der Waals surface area contributed by atoms with Crippen LogP contribution in [-0.2, 0) is 20.8 Å². The van der Waals surface area contributed by atoms with E-state index in [2.05, 4.69) is 0 Å². The van der Waals surface area contributed by atoms with E-state index in [1.54, 1.807) is 0 Å². The van der Waals surface area contributed by atoms with Crippen LogP contribution in [0.4, 0.5) is 0 Å². The molecule has 0 radical (unpaired) electrons. The minimum atomic E-state index is -0.469. The predicted octanol–water partition coefficient (Wildman–Crippen LogP) is 0.935. The topological polar surface area (TPSA) is 47.9 Å². The lowest BCUT2D eigenvalue weighted by atomic mass is 10.0. The minimum Gasteiger partial charge on any atom is -0.390 e. The Morgan fingerprint density at radius 2 is 1.94 bits per heavy atom. The molecule has 0 bridgehead atoms. The molecule has 0 aromatic heterocycles. The highest BCUT2D eigenvalue weighted by Gasteiger charge is 2.48. The van der Waals surface area contributed by atoms with E-state index in [0.717, 1.165) is 5.56 Å². The van der Waals surface area contributed by atoms with E-state index in [0.29, 0.717) is 19.8 Å². The Bertz CT molecular complexity index is 367. The Hall–Kier alpha value is -0.940. The van der Waals surface area contributed by atoms with Crippen molar-refractivity contribution in [2.24, 2.45) is 5.92 Å². The zero-order valence-corrected chi connectivity index (χ0v) is 9.49. The molecule has 1 N–H and O–H groups in total. The van der Waals surface area contributed by atoms with Gasteiger partial charge in [-0.15, -0.1) is 0 Å². The molecule has 17 heavy (non-hydrogen) atoms. The van der Waals surface area contributed by atoms with Gasteiger partial charge in [0.25, 0.3) is 0 Å². The summed E-state index contributed by atoms with van der Waals surface area (Å²) in [4.78, 5) is 0. The monoisotopic (exact) mass is 236 g/mol. The van der Waals surface area contributed by atoms with Gasteiger partial charge in [-0.3, -0.25) is 0 Å². The summed E-state index contributed by atoms with van der Waals surface area (Å²) in [5.41, 5.74) is 1.13. The van der Waals surface area contributed by atoms with Crippen LogP contribution in [0.25, 0.3) is 0 Å². The van der Waals surface area contributed by atoms with Crippen molar-refractivity contribution in [3.63, 3.8) is 0 Å². The molecule has 2 unspecified atom stereocenters. The first-order valence-electron chi connectivity index (χ1n) is 5.91. The Labute approximate surface area is 100 Å². The standard InChI is InChI=1S/C13H16O4/c14-10-7-16-13-12(10)11(8-17-13)15-6-9-4-2-1-3-5-9/h1-5,10-14H,6-8H2/t10-,11-,12?,13?/m0/s1. The molecule has 4 nitrogen and oxygen atoms in total. The second-order valence-electron chi connectivity index (χ2n) is 4.51. The number of fused-ring (bicyclic) bond motifs is 1. The molecule has 92 valence electrons. The molecular weight excluding hydrogens is 220 g/mol. The Balaban J connectivity index is 1.59. The van der Waals surface area contributed by atoms with Crippen LogP contribution < -0.4 is 0 Å². The summed E-state index contributed by atoms with van der Waals surface area (Å²) in [5, 5.41) is 9.78. The highest BCUT2D eigenvalue weighted by Crippen LogP contribution is 2.33. The summed E-state index contributed by atoms with van der Waals surface area (Å²) < 4.78 is 16.6. The maximum atomic E-state index is 9.78. The quantitative estimate of drug-likeness (QED) is 0.848. The van der Waals surface area contributed by atoms with Crippen LogP contribution in [0.3, 0.4) is 0 Å². The van der Waals surface area contributed by atoms with Gasteiger partial charge in [0.2, 0.25) is 0 Å². The van der Waals surface area contributed by atoms with Gasteiger partial charge in [-0.05, 0) is 5.56 Å². The van der Waals surface area contributed by atoms with E-state index >= 15 is 0 Å². The van der Waals surface area contributed by atoms with Crippen molar-refractivity contribution in [3.8, 4) is 0 Å². The first-order chi connectivity index (χ1) is 8.34. The van der Waals surface area contributed by atoms with Gasteiger partial charge in [0.05, 0.1) is 37.9 Å². The summed E-state index contributed by atoms with van der Waals surface area (Å²) in [7, 11) is 0. The normalized spacial score (nSPS) is 36.1. The first-order valence-corrected chi connectivity index (χ1v) is 5.91. The lowest BCUT2D eigenvalue weighted by molar-refractivity contribution is -0.0915. The van der Waals surface area contributed by atoms with E-state index in [9.17, 15) is 5.11 Å². The fourth-order valence-electron chi connectivity index (χ4n) is 2.42. The van der Waals surface area contributed by atoms with Gasteiger partial charge in [0.1, 0.15) is 0 Å². The lowest BCUT2D eigenvalue weighted by Gasteiger charge is -2.18. The highest BCUT2D eigenvalue weighted by molar-refractivity contribution is 5.13. The highest BCUT2D eigenvalue weighted by atomic mass is 16.7.